The van der Waals surface area contributed by atoms with Crippen LogP contribution in [-0.2, 0) is 4.74 Å². The minimum atomic E-state index is 0.264. The van der Waals surface area contributed by atoms with Crippen LogP contribution in [-0.4, -0.2) is 64.4 Å². The predicted octanol–water partition coefficient (Wildman–Crippen LogP) is 3.60. The molecule has 0 saturated carbocycles. The van der Waals surface area contributed by atoms with E-state index in [-0.39, 0.29) is 6.61 Å². The number of β-amino-alcohol motifs (C(OH)–C–C–N with tert-alkyl or cyclic N) is 1. The molecular weight excluding hydrogens is 376 g/mol. The third kappa shape index (κ3) is 4.74. The van der Waals surface area contributed by atoms with Crippen molar-refractivity contribution >= 4 is 11.0 Å². The van der Waals surface area contributed by atoms with Gasteiger partial charge in [-0.3, -0.25) is 14.9 Å². The van der Waals surface area contributed by atoms with E-state index in [2.05, 4.69) is 38.1 Å². The van der Waals surface area contributed by atoms with Crippen LogP contribution in [0.5, 0.6) is 0 Å². The van der Waals surface area contributed by atoms with Gasteiger partial charge in [-0.25, -0.2) is 0 Å². The van der Waals surface area contributed by atoms with E-state index in [1.807, 2.05) is 55.0 Å². The average Bonchev–Trinajstić information content (AvgIpc) is 3.21. The number of nitrogens with one attached hydrogen (secondary N) is 1. The Morgan fingerprint density at radius 2 is 1.67 bits per heavy atom. The predicted molar refractivity (Wildman–Crippen MR) is 119 cm³/mol. The Bertz CT molecular complexity index is 1040. The van der Waals surface area contributed by atoms with Crippen molar-refractivity contribution in [2.75, 3.05) is 39.5 Å². The normalized spacial score (nSPS) is 14.3. The van der Waals surface area contributed by atoms with Gasteiger partial charge in [-0.15, -0.1) is 0 Å². The summed E-state index contributed by atoms with van der Waals surface area (Å²) in [5.74, 6) is 0. The maximum absolute atomic E-state index is 8.54. The van der Waals surface area contributed by atoms with E-state index < -0.39 is 0 Å². The van der Waals surface area contributed by atoms with E-state index in [1.54, 1.807) is 0 Å². The van der Waals surface area contributed by atoms with Crippen molar-refractivity contribution < 1.29 is 9.84 Å². The first kappa shape index (κ1) is 20.2. The second-order valence-electron chi connectivity index (χ2n) is 7.05. The van der Waals surface area contributed by atoms with Crippen LogP contribution in [0.1, 0.15) is 0 Å². The minimum absolute atomic E-state index is 0.264. The Kier molecular flexibility index (Phi) is 6.82. The van der Waals surface area contributed by atoms with Gasteiger partial charge in [-0.05, 0) is 29.8 Å². The molecule has 2 N–H and O–H groups in total. The summed E-state index contributed by atoms with van der Waals surface area (Å²) in [6.45, 7) is 4.64. The highest BCUT2D eigenvalue weighted by molar-refractivity contribution is 6.01. The maximum Gasteiger partial charge on any atom is 0.0963 e. The second kappa shape index (κ2) is 10.1. The van der Waals surface area contributed by atoms with Crippen molar-refractivity contribution in [2.24, 2.45) is 0 Å². The summed E-state index contributed by atoms with van der Waals surface area (Å²) >= 11 is 0. The van der Waals surface area contributed by atoms with Gasteiger partial charge in [0.1, 0.15) is 0 Å². The molecular formula is C24H26N4O2. The zero-order chi connectivity index (χ0) is 20.6. The first-order valence-corrected chi connectivity index (χ1v) is 10.2. The van der Waals surface area contributed by atoms with Crippen LogP contribution < -0.4 is 0 Å². The summed E-state index contributed by atoms with van der Waals surface area (Å²) in [6, 6.07) is 18.4. The lowest BCUT2D eigenvalue weighted by Gasteiger charge is -2.25. The van der Waals surface area contributed by atoms with Gasteiger partial charge in [0.15, 0.2) is 0 Å². The van der Waals surface area contributed by atoms with Crippen LogP contribution in [0.25, 0.3) is 33.4 Å². The molecule has 1 aliphatic heterocycles. The third-order valence-corrected chi connectivity index (χ3v) is 5.11. The molecule has 0 spiro atoms. The van der Waals surface area contributed by atoms with Crippen LogP contribution >= 0.6 is 0 Å². The standard InChI is InChI=1S/C18H13N3.C6H13NO2/c1-2-5-13(6-3-1)16-17(14-8-11-19-12-9-14)21-15-7-4-10-20-18(15)16;8-4-1-7-2-5-9-6-3-7/h1-12,21H;8H,1-6H2. The van der Waals surface area contributed by atoms with Crippen LogP contribution in [0.15, 0.2) is 73.2 Å². The van der Waals surface area contributed by atoms with Crippen molar-refractivity contribution in [3.63, 3.8) is 0 Å². The Labute approximate surface area is 176 Å². The monoisotopic (exact) mass is 402 g/mol. The van der Waals surface area contributed by atoms with Gasteiger partial charge in [0.05, 0.1) is 36.5 Å². The average molecular weight is 402 g/mol. The summed E-state index contributed by atoms with van der Waals surface area (Å²) in [5.41, 5.74) is 6.53. The number of aliphatic hydroxyl groups excluding tert-OH is 1. The summed E-state index contributed by atoms with van der Waals surface area (Å²) in [5, 5.41) is 8.54. The molecule has 0 unspecified atom stereocenters. The molecule has 0 aliphatic carbocycles. The van der Waals surface area contributed by atoms with Crippen molar-refractivity contribution in [3.8, 4) is 22.4 Å². The minimum Gasteiger partial charge on any atom is -0.395 e. The van der Waals surface area contributed by atoms with Crippen LogP contribution in [0.2, 0.25) is 0 Å². The topological polar surface area (TPSA) is 74.3 Å². The Hall–Kier alpha value is -3.06. The Morgan fingerprint density at radius 1 is 0.900 bits per heavy atom. The molecule has 0 radical (unpaired) electrons. The lowest BCUT2D eigenvalue weighted by Crippen LogP contribution is -2.37. The van der Waals surface area contributed by atoms with Crippen molar-refractivity contribution in [1.29, 1.82) is 0 Å². The fourth-order valence-electron chi connectivity index (χ4n) is 3.61. The van der Waals surface area contributed by atoms with E-state index in [0.29, 0.717) is 0 Å². The number of morpholine rings is 1. The number of aromatic amines is 1. The lowest BCUT2D eigenvalue weighted by atomic mass is 10.0. The highest BCUT2D eigenvalue weighted by Gasteiger charge is 2.15. The molecule has 1 saturated heterocycles. The van der Waals surface area contributed by atoms with Crippen molar-refractivity contribution in [3.05, 3.63) is 73.2 Å². The molecule has 30 heavy (non-hydrogen) atoms. The zero-order valence-electron chi connectivity index (χ0n) is 16.9. The van der Waals surface area contributed by atoms with Gasteiger partial charge in [-0.2, -0.15) is 0 Å². The number of hydrogen-bond acceptors (Lipinski definition) is 5. The molecule has 1 fully saturated rings. The van der Waals surface area contributed by atoms with Crippen molar-refractivity contribution in [1.82, 2.24) is 19.9 Å². The number of aliphatic hydroxyl groups is 1. The number of benzene rings is 1. The van der Waals surface area contributed by atoms with Crippen molar-refractivity contribution in [2.45, 2.75) is 0 Å². The first-order chi connectivity index (χ1) is 14.9. The van der Waals surface area contributed by atoms with Gasteiger partial charge in [0.2, 0.25) is 0 Å². The summed E-state index contributed by atoms with van der Waals surface area (Å²) in [6.07, 6.45) is 5.45. The molecule has 1 aliphatic rings. The van der Waals surface area contributed by atoms with E-state index in [0.717, 1.165) is 66.3 Å². The number of fused-ring (bicyclic) bond motifs is 1. The highest BCUT2D eigenvalue weighted by Crippen LogP contribution is 2.36. The zero-order valence-corrected chi connectivity index (χ0v) is 16.9. The number of ether oxygens (including phenoxy) is 1. The van der Waals surface area contributed by atoms with Crippen LogP contribution in [0.3, 0.4) is 0 Å². The number of H-pyrrole nitrogens is 1. The van der Waals surface area contributed by atoms with E-state index in [1.165, 1.54) is 0 Å². The Balaban J connectivity index is 0.000000204. The van der Waals surface area contributed by atoms with Gasteiger partial charge >= 0.3 is 0 Å². The summed E-state index contributed by atoms with van der Waals surface area (Å²) in [7, 11) is 0. The SMILES string of the molecule is OCCN1CCOCC1.c1ccc(-c2c(-c3ccncc3)[nH]c3cccnc23)cc1. The highest BCUT2D eigenvalue weighted by atomic mass is 16.5. The van der Waals surface area contributed by atoms with E-state index in [9.17, 15) is 0 Å². The molecule has 5 rings (SSSR count). The quantitative estimate of drug-likeness (QED) is 0.546. The van der Waals surface area contributed by atoms with Gasteiger partial charge in [0.25, 0.3) is 0 Å². The summed E-state index contributed by atoms with van der Waals surface area (Å²) < 4.78 is 5.12. The fourth-order valence-corrected chi connectivity index (χ4v) is 3.61. The molecule has 6 nitrogen and oxygen atoms in total. The van der Waals surface area contributed by atoms with Gasteiger partial charge < -0.3 is 14.8 Å². The molecule has 0 amide bonds. The lowest BCUT2D eigenvalue weighted by molar-refractivity contribution is 0.0306. The molecule has 3 aromatic heterocycles. The molecule has 4 heterocycles. The number of pyridine rings is 2. The largest absolute Gasteiger partial charge is 0.395 e. The van der Waals surface area contributed by atoms with E-state index in [4.69, 9.17) is 9.84 Å². The number of hydrogen-bond donors (Lipinski definition) is 2. The Morgan fingerprint density at radius 3 is 2.40 bits per heavy atom. The first-order valence-electron chi connectivity index (χ1n) is 10.2. The maximum atomic E-state index is 8.54. The van der Waals surface area contributed by atoms with Gasteiger partial charge in [-0.1, -0.05) is 30.3 Å². The van der Waals surface area contributed by atoms with Crippen LogP contribution in [0, 0.1) is 0 Å². The summed E-state index contributed by atoms with van der Waals surface area (Å²) in [4.78, 5) is 14.3. The molecule has 1 aromatic carbocycles. The smallest absolute Gasteiger partial charge is 0.0963 e. The number of rotatable bonds is 4. The van der Waals surface area contributed by atoms with Crippen LogP contribution in [0.4, 0.5) is 0 Å². The molecule has 4 aromatic rings. The fraction of sp³-hybridized carbons (Fsp3) is 0.250. The number of aromatic nitrogens is 3. The number of nitrogens with zero attached hydrogens (tertiary/aromatic N) is 3. The van der Waals surface area contributed by atoms with E-state index >= 15 is 0 Å². The third-order valence-electron chi connectivity index (χ3n) is 5.11. The molecule has 6 heteroatoms. The molecule has 154 valence electrons. The second-order valence-corrected chi connectivity index (χ2v) is 7.05. The molecule has 0 bridgehead atoms. The van der Waals surface area contributed by atoms with Gasteiger partial charge in [0, 0.05) is 49.4 Å². The molecule has 0 atom stereocenters.